The smallest absolute Gasteiger partial charge is 0.210 e. The molecule has 1 aromatic rings. The Morgan fingerprint density at radius 3 is 3.00 bits per heavy atom. The monoisotopic (exact) mass is 212 g/mol. The molecule has 0 N–H and O–H groups in total. The molecular weight excluding hydrogens is 204 g/mol. The largest absolute Gasteiger partial charge is 0.482 e. The average molecular weight is 213 g/mol. The number of Topliss-reactive ketones (excluding diaryl/α,β-unsaturated/α-hetero) is 1. The van der Waals surface area contributed by atoms with Crippen LogP contribution >= 0.6 is 11.6 Å². The number of rotatable bonds is 0. The van der Waals surface area contributed by atoms with Crippen molar-refractivity contribution in [2.75, 3.05) is 6.61 Å². The van der Waals surface area contributed by atoms with Crippen molar-refractivity contribution in [3.05, 3.63) is 23.2 Å². The summed E-state index contributed by atoms with van der Waals surface area (Å²) in [5, 5.41) is 0.564. The molecule has 74 valence electrons. The van der Waals surface area contributed by atoms with Crippen molar-refractivity contribution in [1.82, 2.24) is 0 Å². The Bertz CT molecular complexity index is 376. The van der Waals surface area contributed by atoms with Gasteiger partial charge in [0.2, 0.25) is 5.78 Å². The maximum atomic E-state index is 11.3. The van der Waals surface area contributed by atoms with Crippen LogP contribution in [0.1, 0.15) is 6.92 Å². The summed E-state index contributed by atoms with van der Waals surface area (Å²) in [6.07, 6.45) is -0.461. The van der Waals surface area contributed by atoms with Crippen molar-refractivity contribution < 1.29 is 14.3 Å². The first-order valence-electron chi connectivity index (χ1n) is 4.28. The van der Waals surface area contributed by atoms with E-state index in [1.54, 1.807) is 25.1 Å². The lowest BCUT2D eigenvalue weighted by Gasteiger charge is -2.09. The van der Waals surface area contributed by atoms with Crippen molar-refractivity contribution in [3.8, 4) is 11.5 Å². The lowest BCUT2D eigenvalue weighted by Crippen LogP contribution is -2.25. The van der Waals surface area contributed by atoms with Gasteiger partial charge in [0.15, 0.2) is 24.2 Å². The highest BCUT2D eigenvalue weighted by Gasteiger charge is 2.22. The van der Waals surface area contributed by atoms with Gasteiger partial charge in [0, 0.05) is 11.1 Å². The summed E-state index contributed by atoms with van der Waals surface area (Å²) in [5.41, 5.74) is 0. The normalized spacial score (nSPS) is 20.4. The molecule has 1 atom stereocenters. The molecular formula is C10H9ClO3. The van der Waals surface area contributed by atoms with E-state index < -0.39 is 6.10 Å². The third-order valence-electron chi connectivity index (χ3n) is 2.03. The van der Waals surface area contributed by atoms with Crippen molar-refractivity contribution in [2.24, 2.45) is 0 Å². The molecule has 0 saturated carbocycles. The van der Waals surface area contributed by atoms with Gasteiger partial charge in [-0.25, -0.2) is 0 Å². The molecule has 1 aromatic carbocycles. The highest BCUT2D eigenvalue weighted by molar-refractivity contribution is 6.30. The number of benzene rings is 1. The van der Waals surface area contributed by atoms with Crippen LogP contribution in [0, 0.1) is 0 Å². The molecule has 0 spiro atoms. The van der Waals surface area contributed by atoms with Gasteiger partial charge in [-0.15, -0.1) is 0 Å². The first kappa shape index (κ1) is 9.34. The van der Waals surface area contributed by atoms with Gasteiger partial charge in [0.1, 0.15) is 0 Å². The van der Waals surface area contributed by atoms with Crippen LogP contribution < -0.4 is 9.47 Å². The topological polar surface area (TPSA) is 35.5 Å². The van der Waals surface area contributed by atoms with Gasteiger partial charge in [-0.1, -0.05) is 11.6 Å². The molecule has 0 fully saturated rings. The molecule has 0 saturated heterocycles. The number of halogens is 1. The van der Waals surface area contributed by atoms with E-state index in [0.717, 1.165) is 0 Å². The summed E-state index contributed by atoms with van der Waals surface area (Å²) >= 11 is 5.78. The lowest BCUT2D eigenvalue weighted by molar-refractivity contribution is -0.126. The number of carbonyl (C=O) groups excluding carboxylic acids is 1. The van der Waals surface area contributed by atoms with Gasteiger partial charge in [-0.3, -0.25) is 4.79 Å². The van der Waals surface area contributed by atoms with Crippen LogP contribution in [-0.4, -0.2) is 18.5 Å². The number of fused-ring (bicyclic) bond motifs is 1. The van der Waals surface area contributed by atoms with Gasteiger partial charge in [-0.2, -0.15) is 0 Å². The van der Waals surface area contributed by atoms with Crippen molar-refractivity contribution in [1.29, 1.82) is 0 Å². The molecule has 1 unspecified atom stereocenters. The van der Waals surface area contributed by atoms with E-state index in [9.17, 15) is 4.79 Å². The first-order valence-corrected chi connectivity index (χ1v) is 4.66. The third kappa shape index (κ3) is 1.68. The number of ketones is 1. The van der Waals surface area contributed by atoms with Crippen LogP contribution in [0.2, 0.25) is 5.02 Å². The predicted molar refractivity (Wildman–Crippen MR) is 52.0 cm³/mol. The third-order valence-corrected chi connectivity index (χ3v) is 2.27. The van der Waals surface area contributed by atoms with Gasteiger partial charge in [0.25, 0.3) is 0 Å². The van der Waals surface area contributed by atoms with Crippen molar-refractivity contribution in [2.45, 2.75) is 13.0 Å². The van der Waals surface area contributed by atoms with Crippen LogP contribution in [0.3, 0.4) is 0 Å². The summed E-state index contributed by atoms with van der Waals surface area (Å²) in [7, 11) is 0. The summed E-state index contributed by atoms with van der Waals surface area (Å²) < 4.78 is 10.6. The van der Waals surface area contributed by atoms with Crippen LogP contribution in [0.25, 0.3) is 0 Å². The maximum Gasteiger partial charge on any atom is 0.210 e. The Morgan fingerprint density at radius 2 is 2.21 bits per heavy atom. The van der Waals surface area contributed by atoms with Gasteiger partial charge < -0.3 is 9.47 Å². The van der Waals surface area contributed by atoms with E-state index in [0.29, 0.717) is 16.5 Å². The highest BCUT2D eigenvalue weighted by atomic mass is 35.5. The van der Waals surface area contributed by atoms with Crippen LogP contribution in [0.4, 0.5) is 0 Å². The Kier molecular flexibility index (Phi) is 2.33. The van der Waals surface area contributed by atoms with Gasteiger partial charge >= 0.3 is 0 Å². The summed E-state index contributed by atoms with van der Waals surface area (Å²) in [5.74, 6) is 1.01. The minimum absolute atomic E-state index is 0.0362. The van der Waals surface area contributed by atoms with Crippen LogP contribution in [0.5, 0.6) is 11.5 Å². The number of ether oxygens (including phenoxy) is 2. The fourth-order valence-corrected chi connectivity index (χ4v) is 1.38. The number of hydrogen-bond donors (Lipinski definition) is 0. The number of hydrogen-bond acceptors (Lipinski definition) is 3. The Morgan fingerprint density at radius 1 is 1.43 bits per heavy atom. The molecule has 0 radical (unpaired) electrons. The zero-order chi connectivity index (χ0) is 10.1. The molecule has 1 aliphatic heterocycles. The molecule has 1 heterocycles. The van der Waals surface area contributed by atoms with E-state index in [1.165, 1.54) is 0 Å². The van der Waals surface area contributed by atoms with E-state index in [2.05, 4.69) is 0 Å². The quantitative estimate of drug-likeness (QED) is 0.661. The van der Waals surface area contributed by atoms with E-state index in [4.69, 9.17) is 21.1 Å². The van der Waals surface area contributed by atoms with E-state index in [-0.39, 0.29) is 12.4 Å². The fourth-order valence-electron chi connectivity index (χ4n) is 1.21. The molecule has 1 aliphatic rings. The van der Waals surface area contributed by atoms with Crippen LogP contribution in [-0.2, 0) is 4.79 Å². The second kappa shape index (κ2) is 3.50. The van der Waals surface area contributed by atoms with E-state index in [1.807, 2.05) is 0 Å². The minimum Gasteiger partial charge on any atom is -0.482 e. The molecule has 2 rings (SSSR count). The zero-order valence-corrected chi connectivity index (χ0v) is 8.38. The molecule has 0 aliphatic carbocycles. The molecule has 0 aromatic heterocycles. The minimum atomic E-state index is -0.461. The molecule has 0 amide bonds. The first-order chi connectivity index (χ1) is 6.66. The molecule has 4 heteroatoms. The Hall–Kier alpha value is -1.22. The summed E-state index contributed by atoms with van der Waals surface area (Å²) in [4.78, 5) is 11.3. The zero-order valence-electron chi connectivity index (χ0n) is 7.62. The summed E-state index contributed by atoms with van der Waals surface area (Å²) in [6, 6.07) is 5.04. The van der Waals surface area contributed by atoms with Crippen molar-refractivity contribution in [3.63, 3.8) is 0 Å². The highest BCUT2D eigenvalue weighted by Crippen LogP contribution is 2.32. The SMILES string of the molecule is CC1Oc2ccc(Cl)cc2OCC1=O. The second-order valence-electron chi connectivity index (χ2n) is 3.11. The molecule has 0 bridgehead atoms. The molecule has 3 nitrogen and oxygen atoms in total. The average Bonchev–Trinajstić information content (AvgIpc) is 2.29. The maximum absolute atomic E-state index is 11.3. The van der Waals surface area contributed by atoms with Gasteiger partial charge in [0.05, 0.1) is 0 Å². The molecule has 14 heavy (non-hydrogen) atoms. The number of carbonyl (C=O) groups is 1. The van der Waals surface area contributed by atoms with Crippen molar-refractivity contribution >= 4 is 17.4 Å². The predicted octanol–water partition coefficient (Wildman–Crippen LogP) is 2.07. The Labute approximate surface area is 86.6 Å². The van der Waals surface area contributed by atoms with Crippen LogP contribution in [0.15, 0.2) is 18.2 Å². The lowest BCUT2D eigenvalue weighted by atomic mass is 10.3. The fraction of sp³-hybridized carbons (Fsp3) is 0.300. The summed E-state index contributed by atoms with van der Waals surface area (Å²) in [6.45, 7) is 1.74. The Balaban J connectivity index is 2.37. The van der Waals surface area contributed by atoms with Gasteiger partial charge in [-0.05, 0) is 19.1 Å². The standard InChI is InChI=1S/C10H9ClO3/c1-6-8(12)5-13-10-4-7(11)2-3-9(10)14-6/h2-4,6H,5H2,1H3. The second-order valence-corrected chi connectivity index (χ2v) is 3.54. The van der Waals surface area contributed by atoms with E-state index >= 15 is 0 Å².